The van der Waals surface area contributed by atoms with E-state index in [9.17, 15) is 0 Å². The fourth-order valence-electron chi connectivity index (χ4n) is 2.16. The summed E-state index contributed by atoms with van der Waals surface area (Å²) in [7, 11) is 0. The topological polar surface area (TPSA) is 9.23 Å². The molecule has 1 heteroatoms. The minimum atomic E-state index is 0.165. The van der Waals surface area contributed by atoms with Gasteiger partial charge in [-0.3, -0.25) is 0 Å². The van der Waals surface area contributed by atoms with Crippen molar-refractivity contribution in [2.45, 2.75) is 59.8 Å². The summed E-state index contributed by atoms with van der Waals surface area (Å²) in [5.41, 5.74) is 2.79. The molecule has 1 nitrogen and oxygen atoms in total. The third kappa shape index (κ3) is 4.93. The predicted molar refractivity (Wildman–Crippen MR) is 87.2 cm³/mol. The summed E-state index contributed by atoms with van der Waals surface area (Å²) in [5, 5.41) is 0. The van der Waals surface area contributed by atoms with Crippen LogP contribution in [0.1, 0.15) is 59.1 Å². The molecule has 0 fully saturated rings. The van der Waals surface area contributed by atoms with E-state index in [-0.39, 0.29) is 5.41 Å². The number of benzene rings is 1. The Labute approximate surface area is 124 Å². The lowest BCUT2D eigenvalue weighted by molar-refractivity contribution is 0.335. The molecular weight excluding hydrogens is 244 g/mol. The highest BCUT2D eigenvalue weighted by Crippen LogP contribution is 2.29. The van der Waals surface area contributed by atoms with Crippen molar-refractivity contribution >= 4 is 0 Å². The molecule has 1 unspecified atom stereocenters. The summed E-state index contributed by atoms with van der Waals surface area (Å²) < 4.78 is 5.76. The van der Waals surface area contributed by atoms with E-state index >= 15 is 0 Å². The summed E-state index contributed by atoms with van der Waals surface area (Å²) >= 11 is 0. The van der Waals surface area contributed by atoms with Gasteiger partial charge in [-0.15, -0.1) is 5.92 Å². The Hall–Kier alpha value is -1.42. The van der Waals surface area contributed by atoms with E-state index in [0.717, 1.165) is 18.6 Å². The van der Waals surface area contributed by atoms with Crippen LogP contribution in [0.25, 0.3) is 0 Å². The molecule has 0 aromatic heterocycles. The maximum Gasteiger partial charge on any atom is 0.122 e. The molecule has 1 aromatic carbocycles. The molecule has 0 aliphatic carbocycles. The third-order valence-electron chi connectivity index (χ3n) is 3.28. The normalized spacial score (nSPS) is 12.5. The average Bonchev–Trinajstić information content (AvgIpc) is 2.37. The molecule has 0 aliphatic rings. The van der Waals surface area contributed by atoms with Gasteiger partial charge in [0.25, 0.3) is 0 Å². The Kier molecular flexibility index (Phi) is 6.14. The van der Waals surface area contributed by atoms with Gasteiger partial charge in [-0.05, 0) is 36.0 Å². The first-order valence-corrected chi connectivity index (χ1v) is 7.63. The average molecular weight is 272 g/mol. The van der Waals surface area contributed by atoms with Gasteiger partial charge in [-0.25, -0.2) is 0 Å². The van der Waals surface area contributed by atoms with Crippen LogP contribution >= 0.6 is 0 Å². The SMILES string of the molecule is CCC#CC(C)Cc1cc(C(C)(C)C)ccc1OCC. The first-order chi connectivity index (χ1) is 9.38. The molecule has 0 heterocycles. The van der Waals surface area contributed by atoms with Crippen molar-refractivity contribution in [3.8, 4) is 17.6 Å². The third-order valence-corrected chi connectivity index (χ3v) is 3.28. The van der Waals surface area contributed by atoms with E-state index in [4.69, 9.17) is 4.74 Å². The zero-order valence-electron chi connectivity index (χ0n) is 13.8. The van der Waals surface area contributed by atoms with Gasteiger partial charge in [-0.2, -0.15) is 0 Å². The van der Waals surface area contributed by atoms with Crippen LogP contribution in [-0.2, 0) is 11.8 Å². The van der Waals surface area contributed by atoms with Crippen molar-refractivity contribution < 1.29 is 4.74 Å². The molecule has 110 valence electrons. The van der Waals surface area contributed by atoms with Gasteiger partial charge in [0.2, 0.25) is 0 Å². The van der Waals surface area contributed by atoms with E-state index < -0.39 is 0 Å². The van der Waals surface area contributed by atoms with Gasteiger partial charge < -0.3 is 4.74 Å². The molecule has 0 saturated carbocycles. The van der Waals surface area contributed by atoms with Gasteiger partial charge in [0.15, 0.2) is 0 Å². The second-order valence-corrected chi connectivity index (χ2v) is 6.29. The first-order valence-electron chi connectivity index (χ1n) is 7.63. The van der Waals surface area contributed by atoms with Crippen LogP contribution in [0.5, 0.6) is 5.75 Å². The fourth-order valence-corrected chi connectivity index (χ4v) is 2.16. The van der Waals surface area contributed by atoms with Crippen molar-refractivity contribution in [3.63, 3.8) is 0 Å². The van der Waals surface area contributed by atoms with E-state index in [1.165, 1.54) is 11.1 Å². The molecular formula is C19H28O. The minimum Gasteiger partial charge on any atom is -0.494 e. The van der Waals surface area contributed by atoms with Crippen molar-refractivity contribution in [1.82, 2.24) is 0 Å². The lowest BCUT2D eigenvalue weighted by atomic mass is 9.85. The molecule has 0 aliphatic heterocycles. The summed E-state index contributed by atoms with van der Waals surface area (Å²) in [5.74, 6) is 7.85. The Morgan fingerprint density at radius 2 is 1.90 bits per heavy atom. The van der Waals surface area contributed by atoms with Crippen LogP contribution in [0, 0.1) is 17.8 Å². The maximum atomic E-state index is 5.76. The van der Waals surface area contributed by atoms with Crippen LogP contribution in [0.4, 0.5) is 0 Å². The molecule has 0 bridgehead atoms. The molecule has 0 spiro atoms. The highest BCUT2D eigenvalue weighted by molar-refractivity contribution is 5.40. The maximum absolute atomic E-state index is 5.76. The Morgan fingerprint density at radius 1 is 1.20 bits per heavy atom. The highest BCUT2D eigenvalue weighted by Gasteiger charge is 2.16. The Bertz CT molecular complexity index is 483. The molecule has 1 rings (SSSR count). The zero-order valence-corrected chi connectivity index (χ0v) is 13.8. The van der Waals surface area contributed by atoms with Crippen LogP contribution in [0.2, 0.25) is 0 Å². The molecule has 0 amide bonds. The summed E-state index contributed by atoms with van der Waals surface area (Å²) in [4.78, 5) is 0. The number of hydrogen-bond acceptors (Lipinski definition) is 1. The number of ether oxygens (including phenoxy) is 1. The molecule has 0 radical (unpaired) electrons. The van der Waals surface area contributed by atoms with Gasteiger partial charge >= 0.3 is 0 Å². The second kappa shape index (κ2) is 7.39. The quantitative estimate of drug-likeness (QED) is 0.703. The smallest absolute Gasteiger partial charge is 0.122 e. The zero-order chi connectivity index (χ0) is 15.2. The van der Waals surface area contributed by atoms with Crippen molar-refractivity contribution in [2.75, 3.05) is 6.61 Å². The lowest BCUT2D eigenvalue weighted by Crippen LogP contribution is -2.12. The number of rotatable bonds is 4. The highest BCUT2D eigenvalue weighted by atomic mass is 16.5. The van der Waals surface area contributed by atoms with E-state index in [1.807, 2.05) is 6.92 Å². The predicted octanol–water partition coefficient (Wildman–Crippen LogP) is 4.97. The molecule has 0 saturated heterocycles. The van der Waals surface area contributed by atoms with Crippen LogP contribution in [0.3, 0.4) is 0 Å². The van der Waals surface area contributed by atoms with Gasteiger partial charge in [0.05, 0.1) is 6.61 Å². The van der Waals surface area contributed by atoms with Crippen molar-refractivity contribution in [1.29, 1.82) is 0 Å². The molecule has 20 heavy (non-hydrogen) atoms. The summed E-state index contributed by atoms with van der Waals surface area (Å²) in [6.45, 7) is 13.7. The minimum absolute atomic E-state index is 0.165. The van der Waals surface area contributed by atoms with E-state index in [2.05, 4.69) is 64.7 Å². The van der Waals surface area contributed by atoms with Crippen molar-refractivity contribution in [2.24, 2.45) is 5.92 Å². The Balaban J connectivity index is 3.05. The van der Waals surface area contributed by atoms with Crippen LogP contribution in [0.15, 0.2) is 18.2 Å². The monoisotopic (exact) mass is 272 g/mol. The second-order valence-electron chi connectivity index (χ2n) is 6.29. The molecule has 1 atom stereocenters. The largest absolute Gasteiger partial charge is 0.494 e. The van der Waals surface area contributed by atoms with Gasteiger partial charge in [-0.1, -0.05) is 52.7 Å². The number of hydrogen-bond donors (Lipinski definition) is 0. The van der Waals surface area contributed by atoms with Gasteiger partial charge in [0, 0.05) is 12.3 Å². The van der Waals surface area contributed by atoms with E-state index in [1.54, 1.807) is 0 Å². The summed E-state index contributed by atoms with van der Waals surface area (Å²) in [6.07, 6.45) is 1.87. The van der Waals surface area contributed by atoms with Gasteiger partial charge in [0.1, 0.15) is 5.75 Å². The molecule has 0 N–H and O–H groups in total. The van der Waals surface area contributed by atoms with Crippen LogP contribution in [-0.4, -0.2) is 6.61 Å². The fraction of sp³-hybridized carbons (Fsp3) is 0.579. The summed E-state index contributed by atoms with van der Waals surface area (Å²) in [6, 6.07) is 6.57. The molecule has 1 aromatic rings. The Morgan fingerprint density at radius 3 is 2.45 bits per heavy atom. The van der Waals surface area contributed by atoms with Crippen molar-refractivity contribution in [3.05, 3.63) is 29.3 Å². The first kappa shape index (κ1) is 16.6. The van der Waals surface area contributed by atoms with Crippen LogP contribution < -0.4 is 4.74 Å². The van der Waals surface area contributed by atoms with E-state index in [0.29, 0.717) is 12.5 Å². The lowest BCUT2D eigenvalue weighted by Gasteiger charge is -2.22. The standard InChI is InChI=1S/C19H28O/c1-7-9-10-15(3)13-16-14-17(19(4,5)6)11-12-18(16)20-8-2/h11-12,14-15H,7-8,13H2,1-6H3.